The molecule has 1 aliphatic rings. The molecule has 0 aromatic heterocycles. The first-order valence-electron chi connectivity index (χ1n) is 8.53. The molecule has 0 aliphatic heterocycles. The van der Waals surface area contributed by atoms with Gasteiger partial charge in [-0.05, 0) is 31.9 Å². The van der Waals surface area contributed by atoms with Crippen molar-refractivity contribution in [2.75, 3.05) is 25.1 Å². The second-order valence-corrected chi connectivity index (χ2v) is 5.85. The number of esters is 1. The van der Waals surface area contributed by atoms with Gasteiger partial charge in [0.15, 0.2) is 6.61 Å². The molecule has 0 saturated heterocycles. The van der Waals surface area contributed by atoms with E-state index in [1.807, 2.05) is 0 Å². The summed E-state index contributed by atoms with van der Waals surface area (Å²) in [6.07, 6.45) is 4.21. The van der Waals surface area contributed by atoms with Crippen LogP contribution in [0.5, 0.6) is 0 Å². The van der Waals surface area contributed by atoms with E-state index in [2.05, 4.69) is 10.6 Å². The second kappa shape index (κ2) is 9.78. The lowest BCUT2D eigenvalue weighted by atomic mass is 10.1. The van der Waals surface area contributed by atoms with Crippen LogP contribution in [0.3, 0.4) is 0 Å². The summed E-state index contributed by atoms with van der Waals surface area (Å²) in [6.45, 7) is 1.53. The fourth-order valence-electron chi connectivity index (χ4n) is 2.68. The van der Waals surface area contributed by atoms with Crippen LogP contribution in [0.25, 0.3) is 0 Å². The van der Waals surface area contributed by atoms with Gasteiger partial charge < -0.3 is 20.1 Å². The Bertz CT molecular complexity index is 611. The molecule has 1 saturated carbocycles. The number of rotatable bonds is 8. The molecular formula is C18H24N2O5. The standard InChI is InChI=1S/C18H24N2O5/c1-2-24-12-17(22)25-11-16(21)20-15-10-6-5-9-14(15)18(23)19-13-7-3-4-8-13/h5-6,9-10,13H,2-4,7-8,11-12H2,1H3,(H,19,23)(H,20,21). The first kappa shape index (κ1) is 18.9. The van der Waals surface area contributed by atoms with Gasteiger partial charge in [-0.1, -0.05) is 25.0 Å². The first-order chi connectivity index (χ1) is 12.1. The Morgan fingerprint density at radius 1 is 1.12 bits per heavy atom. The van der Waals surface area contributed by atoms with E-state index in [0.29, 0.717) is 17.9 Å². The Morgan fingerprint density at radius 2 is 1.84 bits per heavy atom. The summed E-state index contributed by atoms with van der Waals surface area (Å²) in [6, 6.07) is 6.95. The van der Waals surface area contributed by atoms with Gasteiger partial charge in [0.25, 0.3) is 11.8 Å². The number of anilines is 1. The zero-order valence-corrected chi connectivity index (χ0v) is 14.4. The van der Waals surface area contributed by atoms with E-state index >= 15 is 0 Å². The lowest BCUT2D eigenvalue weighted by Gasteiger charge is -2.15. The first-order valence-corrected chi connectivity index (χ1v) is 8.53. The highest BCUT2D eigenvalue weighted by atomic mass is 16.6. The lowest BCUT2D eigenvalue weighted by Crippen LogP contribution is -2.33. The number of benzene rings is 1. The Labute approximate surface area is 147 Å². The van der Waals surface area contributed by atoms with E-state index in [9.17, 15) is 14.4 Å². The van der Waals surface area contributed by atoms with Crippen molar-refractivity contribution in [1.82, 2.24) is 5.32 Å². The van der Waals surface area contributed by atoms with Crippen LogP contribution in [0, 0.1) is 0 Å². The van der Waals surface area contributed by atoms with Crippen molar-refractivity contribution in [2.24, 2.45) is 0 Å². The van der Waals surface area contributed by atoms with Crippen molar-refractivity contribution in [2.45, 2.75) is 38.6 Å². The van der Waals surface area contributed by atoms with E-state index in [-0.39, 0.29) is 18.6 Å². The minimum atomic E-state index is -0.607. The van der Waals surface area contributed by atoms with Crippen LogP contribution in [0.4, 0.5) is 5.69 Å². The molecule has 25 heavy (non-hydrogen) atoms. The fourth-order valence-corrected chi connectivity index (χ4v) is 2.68. The summed E-state index contributed by atoms with van der Waals surface area (Å²) in [4.78, 5) is 35.7. The second-order valence-electron chi connectivity index (χ2n) is 5.85. The predicted octanol–water partition coefficient (Wildman–Crippen LogP) is 1.88. The van der Waals surface area contributed by atoms with Crippen molar-refractivity contribution >= 4 is 23.5 Å². The van der Waals surface area contributed by atoms with Crippen LogP contribution in [0.2, 0.25) is 0 Å². The van der Waals surface area contributed by atoms with Crippen LogP contribution in [0.1, 0.15) is 43.0 Å². The Kier molecular flexibility index (Phi) is 7.40. The van der Waals surface area contributed by atoms with E-state index in [0.717, 1.165) is 25.7 Å². The number of carbonyl (C=O) groups excluding carboxylic acids is 3. The number of carbonyl (C=O) groups is 3. The molecular weight excluding hydrogens is 324 g/mol. The number of nitrogens with one attached hydrogen (secondary N) is 2. The topological polar surface area (TPSA) is 93.7 Å². The highest BCUT2D eigenvalue weighted by Crippen LogP contribution is 2.20. The van der Waals surface area contributed by atoms with Crippen LogP contribution in [0.15, 0.2) is 24.3 Å². The van der Waals surface area contributed by atoms with Crippen LogP contribution in [-0.2, 0) is 19.1 Å². The predicted molar refractivity (Wildman–Crippen MR) is 92.2 cm³/mol. The van der Waals surface area contributed by atoms with Crippen molar-refractivity contribution in [3.8, 4) is 0 Å². The molecule has 0 bridgehead atoms. The molecule has 0 radical (unpaired) electrons. The van der Waals surface area contributed by atoms with Gasteiger partial charge in [-0.3, -0.25) is 9.59 Å². The number of para-hydroxylation sites is 1. The monoisotopic (exact) mass is 348 g/mol. The highest BCUT2D eigenvalue weighted by molar-refractivity contribution is 6.04. The van der Waals surface area contributed by atoms with Gasteiger partial charge in [-0.2, -0.15) is 0 Å². The minimum Gasteiger partial charge on any atom is -0.454 e. The average molecular weight is 348 g/mol. The van der Waals surface area contributed by atoms with E-state index in [4.69, 9.17) is 9.47 Å². The van der Waals surface area contributed by atoms with E-state index in [1.54, 1.807) is 31.2 Å². The summed E-state index contributed by atoms with van der Waals surface area (Å²) in [5, 5.41) is 5.60. The molecule has 2 N–H and O–H groups in total. The molecule has 7 heteroatoms. The third kappa shape index (κ3) is 6.19. The molecule has 0 atom stereocenters. The maximum atomic E-state index is 12.4. The van der Waals surface area contributed by atoms with Crippen molar-refractivity contribution in [3.63, 3.8) is 0 Å². The summed E-state index contributed by atoms with van der Waals surface area (Å²) in [5.74, 6) is -1.33. The van der Waals surface area contributed by atoms with Crippen LogP contribution in [-0.4, -0.2) is 43.6 Å². The molecule has 1 aromatic rings. The Morgan fingerprint density at radius 3 is 2.56 bits per heavy atom. The number of ether oxygens (including phenoxy) is 2. The minimum absolute atomic E-state index is 0.190. The van der Waals surface area contributed by atoms with Gasteiger partial charge in [-0.15, -0.1) is 0 Å². The smallest absolute Gasteiger partial charge is 0.332 e. The normalized spacial score (nSPS) is 14.1. The van der Waals surface area contributed by atoms with E-state index < -0.39 is 18.5 Å². The molecule has 0 spiro atoms. The van der Waals surface area contributed by atoms with Crippen molar-refractivity contribution in [1.29, 1.82) is 0 Å². The summed E-state index contributed by atoms with van der Waals surface area (Å²) in [7, 11) is 0. The maximum absolute atomic E-state index is 12.4. The third-order valence-electron chi connectivity index (χ3n) is 3.92. The quantitative estimate of drug-likeness (QED) is 0.700. The third-order valence-corrected chi connectivity index (χ3v) is 3.92. The van der Waals surface area contributed by atoms with Crippen LogP contribution >= 0.6 is 0 Å². The molecule has 2 rings (SSSR count). The van der Waals surface area contributed by atoms with Crippen molar-refractivity contribution < 1.29 is 23.9 Å². The van der Waals surface area contributed by atoms with Crippen molar-refractivity contribution in [3.05, 3.63) is 29.8 Å². The summed E-state index contributed by atoms with van der Waals surface area (Å²) in [5.41, 5.74) is 0.784. The van der Waals surface area contributed by atoms with Gasteiger partial charge in [0.05, 0.1) is 11.3 Å². The average Bonchev–Trinajstić information content (AvgIpc) is 3.11. The SMILES string of the molecule is CCOCC(=O)OCC(=O)Nc1ccccc1C(=O)NC1CCCC1. The number of hydrogen-bond acceptors (Lipinski definition) is 5. The van der Waals surface area contributed by atoms with Crippen LogP contribution < -0.4 is 10.6 Å². The highest BCUT2D eigenvalue weighted by Gasteiger charge is 2.20. The molecule has 0 unspecified atom stereocenters. The Balaban J connectivity index is 1.89. The summed E-state index contributed by atoms with van der Waals surface area (Å²) < 4.78 is 9.71. The largest absolute Gasteiger partial charge is 0.454 e. The van der Waals surface area contributed by atoms with Gasteiger partial charge in [0.1, 0.15) is 6.61 Å². The summed E-state index contributed by atoms with van der Waals surface area (Å²) >= 11 is 0. The number of hydrogen-bond donors (Lipinski definition) is 2. The molecule has 1 aromatic carbocycles. The molecule has 1 fully saturated rings. The molecule has 1 aliphatic carbocycles. The molecule has 7 nitrogen and oxygen atoms in total. The van der Waals surface area contributed by atoms with Gasteiger partial charge >= 0.3 is 5.97 Å². The Hall–Kier alpha value is -2.41. The lowest BCUT2D eigenvalue weighted by molar-refractivity contribution is -0.151. The zero-order valence-electron chi connectivity index (χ0n) is 14.4. The van der Waals surface area contributed by atoms with Gasteiger partial charge in [0.2, 0.25) is 0 Å². The maximum Gasteiger partial charge on any atom is 0.332 e. The fraction of sp³-hybridized carbons (Fsp3) is 0.500. The van der Waals surface area contributed by atoms with Gasteiger partial charge in [-0.25, -0.2) is 4.79 Å². The number of amides is 2. The molecule has 2 amide bonds. The van der Waals surface area contributed by atoms with E-state index in [1.165, 1.54) is 0 Å². The molecule has 0 heterocycles. The zero-order chi connectivity index (χ0) is 18.1. The molecule has 136 valence electrons. The van der Waals surface area contributed by atoms with Gasteiger partial charge in [0, 0.05) is 12.6 Å².